The summed E-state index contributed by atoms with van der Waals surface area (Å²) in [5, 5.41) is 6.81. The molecule has 0 bridgehead atoms. The topological polar surface area (TPSA) is 53.5 Å². The number of benzene rings is 2. The Hall–Kier alpha value is -1.73. The Kier molecular flexibility index (Phi) is 6.09. The van der Waals surface area contributed by atoms with Gasteiger partial charge < -0.3 is 5.32 Å². The van der Waals surface area contributed by atoms with Gasteiger partial charge in [-0.15, -0.1) is 0 Å². The van der Waals surface area contributed by atoms with E-state index in [1.165, 1.54) is 18.3 Å². The molecule has 2 aromatic carbocycles. The first-order valence-corrected chi connectivity index (χ1v) is 7.89. The Morgan fingerprint density at radius 1 is 1.18 bits per heavy atom. The fraction of sp³-hybridized carbons (Fsp3) is 0.0667. The van der Waals surface area contributed by atoms with Gasteiger partial charge in [0.05, 0.1) is 12.8 Å². The van der Waals surface area contributed by atoms with E-state index in [9.17, 15) is 9.18 Å². The van der Waals surface area contributed by atoms with E-state index in [1.807, 2.05) is 18.2 Å². The molecule has 2 rings (SSSR count). The highest BCUT2D eigenvalue weighted by Crippen LogP contribution is 2.25. The van der Waals surface area contributed by atoms with Gasteiger partial charge in [-0.1, -0.05) is 28.1 Å². The van der Waals surface area contributed by atoms with E-state index >= 15 is 0 Å². The Labute approximate surface area is 144 Å². The molecule has 0 unspecified atom stereocenters. The summed E-state index contributed by atoms with van der Waals surface area (Å²) >= 11 is 6.76. The van der Waals surface area contributed by atoms with E-state index in [0.29, 0.717) is 5.56 Å². The Morgan fingerprint density at radius 2 is 1.91 bits per heavy atom. The lowest BCUT2D eigenvalue weighted by atomic mass is 10.2. The van der Waals surface area contributed by atoms with E-state index in [4.69, 9.17) is 0 Å². The SMILES string of the molecule is O=C(CNc1ccc(Br)cc1Br)N/N=C/c1ccc(F)cc1. The van der Waals surface area contributed by atoms with Crippen LogP contribution in [-0.2, 0) is 4.79 Å². The van der Waals surface area contributed by atoms with E-state index in [1.54, 1.807) is 12.1 Å². The molecule has 1 amide bonds. The van der Waals surface area contributed by atoms with Crippen LogP contribution in [-0.4, -0.2) is 18.7 Å². The third-order valence-corrected chi connectivity index (χ3v) is 3.79. The quantitative estimate of drug-likeness (QED) is 0.560. The molecule has 0 radical (unpaired) electrons. The number of nitrogens with one attached hydrogen (secondary N) is 2. The van der Waals surface area contributed by atoms with Crippen LogP contribution >= 0.6 is 31.9 Å². The standard InChI is InChI=1S/C15H12Br2FN3O/c16-11-3-6-14(13(17)7-11)19-9-15(22)21-20-8-10-1-4-12(18)5-2-10/h1-8,19H,9H2,(H,21,22)/b20-8+. The number of hydrogen-bond acceptors (Lipinski definition) is 3. The van der Waals surface area contributed by atoms with Crippen molar-refractivity contribution >= 4 is 49.7 Å². The van der Waals surface area contributed by atoms with E-state index in [2.05, 4.69) is 47.7 Å². The maximum absolute atomic E-state index is 12.7. The summed E-state index contributed by atoms with van der Waals surface area (Å²) in [7, 11) is 0. The van der Waals surface area contributed by atoms with Crippen molar-refractivity contribution in [3.8, 4) is 0 Å². The van der Waals surface area contributed by atoms with Crippen LogP contribution in [0.25, 0.3) is 0 Å². The highest BCUT2D eigenvalue weighted by Gasteiger charge is 2.03. The second-order valence-electron chi connectivity index (χ2n) is 4.32. The smallest absolute Gasteiger partial charge is 0.259 e. The van der Waals surface area contributed by atoms with Crippen LogP contribution in [0.5, 0.6) is 0 Å². The van der Waals surface area contributed by atoms with Crippen molar-refractivity contribution in [2.24, 2.45) is 5.10 Å². The molecule has 0 saturated carbocycles. The Morgan fingerprint density at radius 3 is 2.59 bits per heavy atom. The number of hydrogen-bond donors (Lipinski definition) is 2. The molecule has 0 aliphatic rings. The van der Waals surface area contributed by atoms with Gasteiger partial charge in [0.1, 0.15) is 5.82 Å². The number of rotatable bonds is 5. The maximum atomic E-state index is 12.7. The Balaban J connectivity index is 1.81. The third-order valence-electron chi connectivity index (χ3n) is 2.64. The molecular formula is C15H12Br2FN3O. The summed E-state index contributed by atoms with van der Waals surface area (Å²) in [5.41, 5.74) is 3.90. The first kappa shape index (κ1) is 16.6. The summed E-state index contributed by atoms with van der Waals surface area (Å²) in [4.78, 5) is 11.7. The molecular weight excluding hydrogens is 417 g/mol. The molecule has 0 fully saturated rings. The number of halogens is 3. The molecule has 2 aromatic rings. The molecule has 0 spiro atoms. The number of nitrogens with zero attached hydrogens (tertiary/aromatic N) is 1. The molecule has 4 nitrogen and oxygen atoms in total. The van der Waals surface area contributed by atoms with Gasteiger partial charge in [0.25, 0.3) is 5.91 Å². The lowest BCUT2D eigenvalue weighted by Crippen LogP contribution is -2.26. The van der Waals surface area contributed by atoms with Crippen LogP contribution in [0, 0.1) is 5.82 Å². The number of anilines is 1. The van der Waals surface area contributed by atoms with Crippen LogP contribution in [0.3, 0.4) is 0 Å². The average molecular weight is 429 g/mol. The fourth-order valence-electron chi connectivity index (χ4n) is 1.58. The van der Waals surface area contributed by atoms with Gasteiger partial charge in [-0.05, 0) is 51.8 Å². The molecule has 114 valence electrons. The highest BCUT2D eigenvalue weighted by atomic mass is 79.9. The van der Waals surface area contributed by atoms with Crippen molar-refractivity contribution in [1.82, 2.24) is 5.43 Å². The molecule has 2 N–H and O–H groups in total. The predicted molar refractivity (Wildman–Crippen MR) is 92.5 cm³/mol. The van der Waals surface area contributed by atoms with Crippen molar-refractivity contribution < 1.29 is 9.18 Å². The summed E-state index contributed by atoms with van der Waals surface area (Å²) in [6.07, 6.45) is 1.45. The zero-order valence-electron chi connectivity index (χ0n) is 11.3. The second-order valence-corrected chi connectivity index (χ2v) is 6.09. The van der Waals surface area contributed by atoms with Crippen molar-refractivity contribution in [2.45, 2.75) is 0 Å². The van der Waals surface area contributed by atoms with Crippen molar-refractivity contribution in [3.05, 3.63) is 62.8 Å². The second kappa shape index (κ2) is 8.05. The van der Waals surface area contributed by atoms with Gasteiger partial charge in [0.2, 0.25) is 0 Å². The average Bonchev–Trinajstić information content (AvgIpc) is 2.48. The van der Waals surface area contributed by atoms with Gasteiger partial charge in [-0.2, -0.15) is 5.10 Å². The van der Waals surface area contributed by atoms with Crippen LogP contribution in [0.1, 0.15) is 5.56 Å². The zero-order valence-corrected chi connectivity index (χ0v) is 14.5. The summed E-state index contributed by atoms with van der Waals surface area (Å²) in [6.45, 7) is 0.0843. The molecule has 0 aliphatic carbocycles. The minimum absolute atomic E-state index is 0.0843. The lowest BCUT2D eigenvalue weighted by molar-refractivity contribution is -0.119. The van der Waals surface area contributed by atoms with Gasteiger partial charge in [-0.25, -0.2) is 9.82 Å². The van der Waals surface area contributed by atoms with Crippen LogP contribution < -0.4 is 10.7 Å². The molecule has 0 heterocycles. The van der Waals surface area contributed by atoms with Gasteiger partial charge >= 0.3 is 0 Å². The number of hydrazone groups is 1. The largest absolute Gasteiger partial charge is 0.375 e. The predicted octanol–water partition coefficient (Wildman–Crippen LogP) is 3.91. The summed E-state index contributed by atoms with van der Waals surface area (Å²) in [5.74, 6) is -0.598. The fourth-order valence-corrected chi connectivity index (χ4v) is 2.76. The molecule has 0 aromatic heterocycles. The van der Waals surface area contributed by atoms with E-state index in [-0.39, 0.29) is 18.3 Å². The van der Waals surface area contributed by atoms with Gasteiger partial charge in [-0.3, -0.25) is 4.79 Å². The van der Waals surface area contributed by atoms with Crippen LogP contribution in [0.15, 0.2) is 56.5 Å². The molecule has 0 aliphatic heterocycles. The lowest BCUT2D eigenvalue weighted by Gasteiger charge is -2.07. The molecule has 22 heavy (non-hydrogen) atoms. The first-order valence-electron chi connectivity index (χ1n) is 6.31. The number of amides is 1. The minimum atomic E-state index is -0.314. The van der Waals surface area contributed by atoms with Gasteiger partial charge in [0.15, 0.2) is 0 Å². The summed E-state index contributed by atoms with van der Waals surface area (Å²) < 4.78 is 14.5. The number of carbonyl (C=O) groups excluding carboxylic acids is 1. The molecule has 0 atom stereocenters. The normalized spacial score (nSPS) is 10.7. The maximum Gasteiger partial charge on any atom is 0.259 e. The van der Waals surface area contributed by atoms with Crippen molar-refractivity contribution in [2.75, 3.05) is 11.9 Å². The van der Waals surface area contributed by atoms with Crippen molar-refractivity contribution in [1.29, 1.82) is 0 Å². The van der Waals surface area contributed by atoms with Crippen LogP contribution in [0.4, 0.5) is 10.1 Å². The van der Waals surface area contributed by atoms with Crippen molar-refractivity contribution in [3.63, 3.8) is 0 Å². The van der Waals surface area contributed by atoms with E-state index in [0.717, 1.165) is 14.6 Å². The third kappa shape index (κ3) is 5.23. The Bertz CT molecular complexity index is 690. The minimum Gasteiger partial charge on any atom is -0.375 e. The van der Waals surface area contributed by atoms with Gasteiger partial charge in [0, 0.05) is 14.6 Å². The zero-order chi connectivity index (χ0) is 15.9. The monoisotopic (exact) mass is 427 g/mol. The van der Waals surface area contributed by atoms with Crippen LogP contribution in [0.2, 0.25) is 0 Å². The van der Waals surface area contributed by atoms with E-state index < -0.39 is 0 Å². The molecule has 0 saturated heterocycles. The summed E-state index contributed by atoms with van der Waals surface area (Å²) in [6, 6.07) is 11.4. The number of carbonyl (C=O) groups is 1. The first-order chi connectivity index (χ1) is 10.5. The highest BCUT2D eigenvalue weighted by molar-refractivity contribution is 9.11. The molecule has 7 heteroatoms.